The third kappa shape index (κ3) is 24.1. The maximum Gasteiger partial charge on any atom is 0.418 e. The number of carbonyl (C=O) groups is 2. The van der Waals surface area contributed by atoms with Gasteiger partial charge in [0.25, 0.3) is 17.7 Å². The highest BCUT2D eigenvalue weighted by atomic mass is 20.0. The van der Waals surface area contributed by atoms with E-state index in [2.05, 4.69) is 64.8 Å². The van der Waals surface area contributed by atoms with Crippen molar-refractivity contribution in [1.29, 1.82) is 0 Å². The number of nitrogens with one attached hydrogen (secondary N) is 3. The molecule has 0 saturated heterocycles. The number of hydrazine groups is 1. The number of anilines is 3. The predicted octanol–water partition coefficient (Wildman–Crippen LogP) is 22.4. The standard InChI is InChI=1S/2C18H19F3N4O.C15H14F3NO2.C13H12F3N3O.C8H8F3N.3CH4.F2.H2/c2*1-4-5-6-22-17-25-24-16(26-17)14-9-11(3)12-7-10(2)8-13(15(12)23-14)18(19,20)21;1-4-21-14(20)12-7-9(3)10-5-8(2)6-11(13(10)19-12)15(16,17)18;1-6-3-8-7(2)5-10(12(20)19-17)18-11(8)9(4-6)13(14,15)16;1-5-2-3-7(12)6(4-5)8(9,10)11;;;;1-2;/h2*7-9H,4-6H2,1-3H3,(H,22,25);5-7H,4H2,1-3H3;3-5H,17H2,1-2H3,(H,19,20);2-4H,12H2,1H3;3*1H4;;1H. The number of halogens is 17. The average Bonchev–Trinajstić information content (AvgIpc) is 1.64. The Labute approximate surface area is 623 Å². The minimum atomic E-state index is -4.54. The molecule has 110 heavy (non-hydrogen) atoms. The van der Waals surface area contributed by atoms with Crippen LogP contribution in [0.15, 0.2) is 99.8 Å². The van der Waals surface area contributed by atoms with Crippen LogP contribution in [-0.4, -0.2) is 71.9 Å². The molecule has 5 aromatic carbocycles. The Balaban J connectivity index is 0.000000472. The number of amides is 1. The number of aromatic nitrogens is 8. The molecule has 6 heterocycles. The summed E-state index contributed by atoms with van der Waals surface area (Å²) in [5, 5.41) is 23.2. The van der Waals surface area contributed by atoms with Gasteiger partial charge in [0, 0.05) is 50.9 Å². The number of pyridine rings is 4. The second-order valence-electron chi connectivity index (χ2n) is 24.3. The van der Waals surface area contributed by atoms with Crippen LogP contribution in [-0.2, 0) is 35.6 Å². The molecule has 600 valence electrons. The molecule has 6 aromatic heterocycles. The van der Waals surface area contributed by atoms with Crippen LogP contribution in [0.25, 0.3) is 66.8 Å². The van der Waals surface area contributed by atoms with Crippen LogP contribution < -0.4 is 27.6 Å². The molecule has 35 heteroatoms. The third-order valence-electron chi connectivity index (χ3n) is 15.5. The van der Waals surface area contributed by atoms with E-state index in [-0.39, 0.29) is 105 Å². The monoisotopic (exact) mass is 1570 g/mol. The molecule has 11 rings (SSSR count). The van der Waals surface area contributed by atoms with Crippen LogP contribution in [0, 0.1) is 62.3 Å². The van der Waals surface area contributed by atoms with Crippen molar-refractivity contribution in [3.8, 4) is 23.2 Å². The van der Waals surface area contributed by atoms with Gasteiger partial charge in [-0.1, -0.05) is 70.8 Å². The lowest BCUT2D eigenvalue weighted by Crippen LogP contribution is -2.30. The highest BCUT2D eigenvalue weighted by molar-refractivity contribution is 5.97. The molecule has 0 radical (unpaired) electrons. The van der Waals surface area contributed by atoms with Gasteiger partial charge in [-0.05, 0) is 212 Å². The third-order valence-corrected chi connectivity index (χ3v) is 15.5. The molecule has 0 spiro atoms. The summed E-state index contributed by atoms with van der Waals surface area (Å²) in [5.41, 5.74) is 7.27. The van der Waals surface area contributed by atoms with E-state index in [9.17, 15) is 75.4 Å². The minimum Gasteiger partial charge on any atom is -0.461 e. The molecule has 1 amide bonds. The Morgan fingerprint density at radius 2 is 0.736 bits per heavy atom. The quantitative estimate of drug-likeness (QED) is 0.0137. The molecule has 0 aliphatic heterocycles. The molecule has 0 aliphatic rings. The highest BCUT2D eigenvalue weighted by Crippen LogP contribution is 2.42. The molecular weight excluding hydrogens is 1490 g/mol. The summed E-state index contributed by atoms with van der Waals surface area (Å²) < 4.78 is 228. The molecular formula is C75H86F17N13O5. The van der Waals surface area contributed by atoms with E-state index in [1.807, 2.05) is 5.43 Å². The maximum absolute atomic E-state index is 13.4. The Hall–Kier alpha value is -10.9. The van der Waals surface area contributed by atoms with Gasteiger partial charge in [0.05, 0.1) is 56.5 Å². The van der Waals surface area contributed by atoms with E-state index in [1.165, 1.54) is 18.2 Å². The molecule has 11 aromatic rings. The van der Waals surface area contributed by atoms with Crippen LogP contribution in [0.5, 0.6) is 0 Å². The largest absolute Gasteiger partial charge is 0.461 e. The number of alkyl halides is 15. The van der Waals surface area contributed by atoms with Crippen LogP contribution in [0.1, 0.15) is 169 Å². The van der Waals surface area contributed by atoms with Gasteiger partial charge in [-0.15, -0.1) is 10.2 Å². The first-order valence-electron chi connectivity index (χ1n) is 32.4. The number of carbonyl (C=O) groups excluding carboxylic acids is 2. The first-order valence-corrected chi connectivity index (χ1v) is 32.4. The normalized spacial score (nSPS) is 11.3. The van der Waals surface area contributed by atoms with Gasteiger partial charge in [0.1, 0.15) is 22.8 Å². The Kier molecular flexibility index (Phi) is 33.1. The smallest absolute Gasteiger partial charge is 0.418 e. The zero-order chi connectivity index (χ0) is 80.0. The van der Waals surface area contributed by atoms with Crippen LogP contribution in [0.3, 0.4) is 0 Å². The summed E-state index contributed by atoms with van der Waals surface area (Å²) in [5.74, 6) is 3.70. The number of nitrogens with zero attached hydrogens (tertiary/aromatic N) is 8. The summed E-state index contributed by atoms with van der Waals surface area (Å²) in [6.45, 7) is 22.0. The van der Waals surface area contributed by atoms with E-state index in [0.29, 0.717) is 84.7 Å². The minimum absolute atomic E-state index is 0. The number of unbranched alkanes of at least 4 members (excludes halogenated alkanes) is 2. The van der Waals surface area contributed by atoms with Crippen LogP contribution >= 0.6 is 0 Å². The second kappa shape index (κ2) is 39.0. The number of fused-ring (bicyclic) bond motifs is 4. The molecule has 0 atom stereocenters. The lowest BCUT2D eigenvalue weighted by atomic mass is 10.0. The summed E-state index contributed by atoms with van der Waals surface area (Å²) >= 11 is 0. The number of esters is 1. The number of nitrogen functional groups attached to an aromatic ring is 2. The summed E-state index contributed by atoms with van der Waals surface area (Å²) in [6, 6.07) is 21.3. The van der Waals surface area contributed by atoms with Crippen molar-refractivity contribution in [1.82, 2.24) is 45.8 Å². The van der Waals surface area contributed by atoms with Crippen molar-refractivity contribution in [2.75, 3.05) is 36.1 Å². The fourth-order valence-electron chi connectivity index (χ4n) is 10.6. The second-order valence-corrected chi connectivity index (χ2v) is 24.3. The van der Waals surface area contributed by atoms with Gasteiger partial charge in [-0.2, -0.15) is 65.9 Å². The predicted molar refractivity (Wildman–Crippen MR) is 391 cm³/mol. The number of ether oxygens (including phenoxy) is 1. The van der Waals surface area contributed by atoms with E-state index in [1.54, 1.807) is 112 Å². The Morgan fingerprint density at radius 1 is 0.427 bits per heavy atom. The fraction of sp³-hybridized carbons (Fsp3) is 0.360. The van der Waals surface area contributed by atoms with Crippen molar-refractivity contribution in [2.24, 2.45) is 5.84 Å². The van der Waals surface area contributed by atoms with Gasteiger partial charge < -0.3 is 29.9 Å². The van der Waals surface area contributed by atoms with Crippen LogP contribution in [0.2, 0.25) is 0 Å². The van der Waals surface area contributed by atoms with Crippen molar-refractivity contribution in [3.63, 3.8) is 0 Å². The number of aryl methyl sites for hydroxylation is 9. The fourth-order valence-corrected chi connectivity index (χ4v) is 10.6. The number of hydrogen-bond acceptors (Lipinski definition) is 17. The first kappa shape index (κ1) is 93.3. The van der Waals surface area contributed by atoms with Gasteiger partial charge in [0.15, 0.2) is 0 Å². The van der Waals surface area contributed by atoms with E-state index >= 15 is 0 Å². The molecule has 0 fully saturated rings. The highest BCUT2D eigenvalue weighted by Gasteiger charge is 2.38. The average molecular weight is 1570 g/mol. The summed E-state index contributed by atoms with van der Waals surface area (Å²) in [6.07, 6.45) is -18.5. The molecule has 18 nitrogen and oxygen atoms in total. The van der Waals surface area contributed by atoms with Crippen molar-refractivity contribution < 1.29 is 99.6 Å². The zero-order valence-corrected chi connectivity index (χ0v) is 59.3. The molecule has 0 aliphatic carbocycles. The lowest BCUT2D eigenvalue weighted by molar-refractivity contribution is -0.137. The van der Waals surface area contributed by atoms with Crippen molar-refractivity contribution >= 4 is 73.2 Å². The SMILES string of the molecule is C.C.C.CCCCNc1nnc(-c2cc(C)c3cc(C)cc(C(F)(F)F)c3n2)o1.CCCCNc1nnc(-c2cc(C)c3cc(C)cc(C(F)(F)F)c3n2)o1.CCOC(=O)c1cc(C)c2cc(C)cc(C(F)(F)F)c2n1.Cc1cc(C(F)(F)F)c2nc(C(=O)NN)cc(C)c2c1.Cc1ccc(N)c(C(F)(F)F)c1.FF.[HH]. The first-order chi connectivity index (χ1) is 50.0. The van der Waals surface area contributed by atoms with Gasteiger partial charge in [0.2, 0.25) is 0 Å². The van der Waals surface area contributed by atoms with Gasteiger partial charge in [-0.3, -0.25) is 10.2 Å². The van der Waals surface area contributed by atoms with E-state index < -0.39 is 70.6 Å². The lowest BCUT2D eigenvalue weighted by Gasteiger charge is -2.13. The number of benzene rings is 5. The zero-order valence-electron chi connectivity index (χ0n) is 59.3. The molecule has 0 bridgehead atoms. The van der Waals surface area contributed by atoms with Crippen molar-refractivity contribution in [3.05, 3.63) is 180 Å². The van der Waals surface area contributed by atoms with E-state index in [0.717, 1.165) is 56.0 Å². The topological polar surface area (TPSA) is 261 Å². The molecule has 0 saturated carbocycles. The molecule has 0 unspecified atom stereocenters. The number of rotatable bonds is 13. The van der Waals surface area contributed by atoms with Gasteiger partial charge >= 0.3 is 48.9 Å². The Morgan fingerprint density at radius 3 is 1.05 bits per heavy atom. The Bertz CT molecular complexity index is 4810. The maximum atomic E-state index is 13.4. The number of hydrogen-bond donors (Lipinski definition) is 5. The van der Waals surface area contributed by atoms with Crippen LogP contribution in [0.4, 0.5) is 92.7 Å². The van der Waals surface area contributed by atoms with Gasteiger partial charge in [-0.25, -0.2) is 30.6 Å². The summed E-state index contributed by atoms with van der Waals surface area (Å²) in [7, 11) is 0. The van der Waals surface area contributed by atoms with E-state index in [4.69, 9.17) is 34.3 Å². The molecule has 7 N–H and O–H groups in total. The summed E-state index contributed by atoms with van der Waals surface area (Å²) in [4.78, 5) is 39.2. The van der Waals surface area contributed by atoms with Crippen molar-refractivity contribution in [2.45, 2.75) is 162 Å². The number of nitrogens with two attached hydrogens (primary N) is 2.